The van der Waals surface area contributed by atoms with E-state index in [-0.39, 0.29) is 5.91 Å². The first-order valence-electron chi connectivity index (χ1n) is 11.9. The smallest absolute Gasteiger partial charge is 0.320 e. The molecular formula is C26H34N2O3. The van der Waals surface area contributed by atoms with Crippen molar-refractivity contribution in [2.24, 2.45) is 0 Å². The second kappa shape index (κ2) is 9.04. The lowest BCUT2D eigenvalue weighted by molar-refractivity contribution is -0.139. The van der Waals surface area contributed by atoms with Crippen LogP contribution in [0.3, 0.4) is 0 Å². The summed E-state index contributed by atoms with van der Waals surface area (Å²) in [5.74, 6) is 1.95. The lowest BCUT2D eigenvalue weighted by atomic mass is 9.60. The minimum atomic E-state index is -0.850. The molecule has 1 saturated carbocycles. The molecule has 2 N–H and O–H groups in total. The summed E-state index contributed by atoms with van der Waals surface area (Å²) in [5, 5.41) is 13.3. The highest BCUT2D eigenvalue weighted by atomic mass is 16.4. The maximum Gasteiger partial charge on any atom is 0.320 e. The topological polar surface area (TPSA) is 69.6 Å². The van der Waals surface area contributed by atoms with Gasteiger partial charge in [0.2, 0.25) is 5.91 Å². The number of benzene rings is 1. The number of fused-ring (bicyclic) bond motifs is 3. The number of nitrogens with one attached hydrogen (secondary N) is 1. The zero-order valence-electron chi connectivity index (χ0n) is 18.4. The molecule has 2 heterocycles. The number of unbranched alkanes of at least 4 members (excludes halogenated alkanes) is 5. The zero-order chi connectivity index (χ0) is 21.9. The van der Waals surface area contributed by atoms with E-state index >= 15 is 0 Å². The summed E-state index contributed by atoms with van der Waals surface area (Å²) in [4.78, 5) is 28.0. The van der Waals surface area contributed by atoms with Crippen molar-refractivity contribution in [2.75, 3.05) is 11.4 Å². The molecule has 0 bridgehead atoms. The highest BCUT2D eigenvalue weighted by molar-refractivity contribution is 6.10. The van der Waals surface area contributed by atoms with E-state index in [2.05, 4.69) is 17.3 Å². The average molecular weight is 423 g/mol. The molecule has 166 valence electrons. The van der Waals surface area contributed by atoms with Gasteiger partial charge in [-0.15, -0.1) is 12.3 Å². The van der Waals surface area contributed by atoms with Crippen LogP contribution in [0, 0.1) is 12.3 Å². The van der Waals surface area contributed by atoms with E-state index in [9.17, 15) is 14.7 Å². The molecule has 1 amide bonds. The number of carboxylic acids is 1. The van der Waals surface area contributed by atoms with Crippen LogP contribution < -0.4 is 10.2 Å². The summed E-state index contributed by atoms with van der Waals surface area (Å²) in [6, 6.07) is 7.41. The molecule has 2 fully saturated rings. The van der Waals surface area contributed by atoms with Gasteiger partial charge in [-0.05, 0) is 43.7 Å². The van der Waals surface area contributed by atoms with Crippen molar-refractivity contribution in [3.63, 3.8) is 0 Å². The third-order valence-corrected chi connectivity index (χ3v) is 7.75. The summed E-state index contributed by atoms with van der Waals surface area (Å²) >= 11 is 0. The number of hydrogen-bond donors (Lipinski definition) is 2. The summed E-state index contributed by atoms with van der Waals surface area (Å²) in [6.45, 7) is 0.695. The first kappa shape index (κ1) is 21.9. The summed E-state index contributed by atoms with van der Waals surface area (Å²) in [5.41, 5.74) is 0.801. The molecule has 0 aromatic heterocycles. The third kappa shape index (κ3) is 3.65. The summed E-state index contributed by atoms with van der Waals surface area (Å²) < 4.78 is 0. The predicted molar refractivity (Wildman–Crippen MR) is 122 cm³/mol. The average Bonchev–Trinajstić information content (AvgIpc) is 3.23. The van der Waals surface area contributed by atoms with Crippen LogP contribution in [-0.4, -0.2) is 35.1 Å². The SMILES string of the molecule is C#CCCCCCCCN1C(=O)C2(CC(C(=O)O)NC23CCCCC3)c2ccccc21. The minimum absolute atomic E-state index is 0.110. The van der Waals surface area contributed by atoms with Crippen LogP contribution in [0.2, 0.25) is 0 Å². The Kier molecular flexibility index (Phi) is 6.39. The van der Waals surface area contributed by atoms with Crippen molar-refractivity contribution in [1.82, 2.24) is 5.32 Å². The molecule has 2 atom stereocenters. The maximum absolute atomic E-state index is 14.1. The van der Waals surface area contributed by atoms with Crippen molar-refractivity contribution >= 4 is 17.6 Å². The van der Waals surface area contributed by atoms with Crippen molar-refractivity contribution in [1.29, 1.82) is 0 Å². The van der Waals surface area contributed by atoms with E-state index < -0.39 is 23.0 Å². The molecule has 1 aromatic carbocycles. The Labute approximate surface area is 185 Å². The van der Waals surface area contributed by atoms with Crippen LogP contribution in [0.15, 0.2) is 24.3 Å². The molecule has 5 nitrogen and oxygen atoms in total. The number of amides is 1. The Morgan fingerprint density at radius 1 is 1.13 bits per heavy atom. The van der Waals surface area contributed by atoms with Gasteiger partial charge in [-0.1, -0.05) is 56.7 Å². The zero-order valence-corrected chi connectivity index (χ0v) is 18.4. The van der Waals surface area contributed by atoms with Gasteiger partial charge in [0.1, 0.15) is 6.04 Å². The number of aliphatic carboxylic acids is 1. The fraction of sp³-hybridized carbons (Fsp3) is 0.615. The van der Waals surface area contributed by atoms with E-state index in [0.717, 1.165) is 81.9 Å². The molecule has 31 heavy (non-hydrogen) atoms. The number of carbonyl (C=O) groups excluding carboxylic acids is 1. The second-order valence-electron chi connectivity index (χ2n) is 9.48. The molecule has 1 aliphatic carbocycles. The van der Waals surface area contributed by atoms with Gasteiger partial charge in [-0.25, -0.2) is 0 Å². The highest BCUT2D eigenvalue weighted by Gasteiger charge is 2.68. The monoisotopic (exact) mass is 422 g/mol. The van der Waals surface area contributed by atoms with Crippen LogP contribution >= 0.6 is 0 Å². The van der Waals surface area contributed by atoms with Gasteiger partial charge in [0.15, 0.2) is 0 Å². The molecule has 2 unspecified atom stereocenters. The lowest BCUT2D eigenvalue weighted by Crippen LogP contribution is -2.60. The Morgan fingerprint density at radius 3 is 2.58 bits per heavy atom. The lowest BCUT2D eigenvalue weighted by Gasteiger charge is -2.45. The Bertz CT molecular complexity index is 868. The summed E-state index contributed by atoms with van der Waals surface area (Å²) in [6.07, 6.45) is 16.8. The highest BCUT2D eigenvalue weighted by Crippen LogP contribution is 2.58. The van der Waals surface area contributed by atoms with E-state index in [1.807, 2.05) is 23.1 Å². The number of rotatable bonds is 8. The molecule has 1 aromatic rings. The van der Waals surface area contributed by atoms with Crippen molar-refractivity contribution in [3.05, 3.63) is 29.8 Å². The van der Waals surface area contributed by atoms with Gasteiger partial charge in [0.25, 0.3) is 0 Å². The van der Waals surface area contributed by atoms with Crippen LogP contribution in [0.5, 0.6) is 0 Å². The van der Waals surface area contributed by atoms with Crippen molar-refractivity contribution in [2.45, 2.75) is 94.0 Å². The molecule has 5 heteroatoms. The number of nitrogens with zero attached hydrogens (tertiary/aromatic N) is 1. The summed E-state index contributed by atoms with van der Waals surface area (Å²) in [7, 11) is 0. The number of hydrogen-bond acceptors (Lipinski definition) is 3. The van der Waals surface area contributed by atoms with E-state index in [1.165, 1.54) is 0 Å². The maximum atomic E-state index is 14.1. The Morgan fingerprint density at radius 2 is 1.84 bits per heavy atom. The number of anilines is 1. The normalized spacial score (nSPS) is 26.4. The Hall–Kier alpha value is -2.32. The minimum Gasteiger partial charge on any atom is -0.480 e. The predicted octanol–water partition coefficient (Wildman–Crippen LogP) is 4.39. The molecule has 3 aliphatic rings. The first-order valence-corrected chi connectivity index (χ1v) is 11.9. The number of para-hydroxylation sites is 1. The standard InChI is InChI=1S/C26H34N2O3/c1-2-3-4-5-6-7-13-18-28-22-15-10-9-14-20(22)26(24(28)31)19-21(23(29)30)27-25(26)16-11-8-12-17-25/h1,9-10,14-15,21,27H,3-8,11-13,16-19H2,(H,29,30). The Balaban J connectivity index is 1.59. The molecule has 1 saturated heterocycles. The third-order valence-electron chi connectivity index (χ3n) is 7.75. The van der Waals surface area contributed by atoms with Crippen LogP contribution in [0.4, 0.5) is 5.69 Å². The van der Waals surface area contributed by atoms with Crippen molar-refractivity contribution in [3.8, 4) is 12.3 Å². The van der Waals surface area contributed by atoms with Crippen LogP contribution in [0.25, 0.3) is 0 Å². The number of carbonyl (C=O) groups is 2. The fourth-order valence-electron chi connectivity index (χ4n) is 6.32. The van der Waals surface area contributed by atoms with Gasteiger partial charge in [-0.3, -0.25) is 14.9 Å². The van der Waals surface area contributed by atoms with Crippen molar-refractivity contribution < 1.29 is 14.7 Å². The van der Waals surface area contributed by atoms with Gasteiger partial charge in [-0.2, -0.15) is 0 Å². The molecule has 2 aliphatic heterocycles. The fourth-order valence-corrected chi connectivity index (χ4v) is 6.32. The van der Waals surface area contributed by atoms with E-state index in [1.54, 1.807) is 0 Å². The van der Waals surface area contributed by atoms with E-state index in [0.29, 0.717) is 13.0 Å². The first-order chi connectivity index (χ1) is 15.1. The van der Waals surface area contributed by atoms with Crippen LogP contribution in [0.1, 0.15) is 82.6 Å². The molecule has 0 radical (unpaired) electrons. The van der Waals surface area contributed by atoms with Gasteiger partial charge < -0.3 is 10.0 Å². The molecule has 4 rings (SSSR count). The largest absolute Gasteiger partial charge is 0.480 e. The molecular weight excluding hydrogens is 388 g/mol. The van der Waals surface area contributed by atoms with E-state index in [4.69, 9.17) is 6.42 Å². The van der Waals surface area contributed by atoms with Gasteiger partial charge >= 0.3 is 5.97 Å². The quantitative estimate of drug-likeness (QED) is 0.481. The number of terminal acetylenes is 1. The number of carboxylic acid groups (broad SMARTS) is 1. The molecule has 2 spiro atoms. The van der Waals surface area contributed by atoms with Gasteiger partial charge in [0.05, 0.1) is 5.41 Å². The second-order valence-corrected chi connectivity index (χ2v) is 9.48. The van der Waals surface area contributed by atoms with Crippen LogP contribution in [-0.2, 0) is 15.0 Å². The van der Waals surface area contributed by atoms with Gasteiger partial charge in [0, 0.05) is 24.2 Å².